The number of halogens is 1. The van der Waals surface area contributed by atoms with Crippen LogP contribution in [0.2, 0.25) is 5.02 Å². The number of nitrogens with one attached hydrogen (secondary N) is 1. The normalized spacial score (nSPS) is 16.2. The lowest BCUT2D eigenvalue weighted by Gasteiger charge is -2.34. The van der Waals surface area contributed by atoms with Crippen molar-refractivity contribution in [3.8, 4) is 0 Å². The molecule has 1 N–H and O–H groups in total. The Balaban J connectivity index is 1.96. The first-order valence-corrected chi connectivity index (χ1v) is 13.3. The van der Waals surface area contributed by atoms with Crippen LogP contribution in [0.15, 0.2) is 52.3 Å². The van der Waals surface area contributed by atoms with Crippen molar-refractivity contribution in [1.29, 1.82) is 0 Å². The van der Waals surface area contributed by atoms with E-state index in [0.717, 1.165) is 42.0 Å². The molecule has 7 heteroatoms. The first kappa shape index (κ1) is 23.6. The quantitative estimate of drug-likeness (QED) is 0.586. The van der Waals surface area contributed by atoms with Crippen LogP contribution in [0, 0.1) is 0 Å². The lowest BCUT2D eigenvalue weighted by Crippen LogP contribution is -2.45. The van der Waals surface area contributed by atoms with Gasteiger partial charge in [0.1, 0.15) is 0 Å². The lowest BCUT2D eigenvalue weighted by atomic mass is 9.87. The van der Waals surface area contributed by atoms with Crippen LogP contribution in [0.4, 0.5) is 0 Å². The zero-order valence-corrected chi connectivity index (χ0v) is 20.5. The minimum absolute atomic E-state index is 0.0193. The number of nitrogens with zero attached hydrogens (tertiary/aromatic N) is 1. The molecule has 0 saturated carbocycles. The van der Waals surface area contributed by atoms with Gasteiger partial charge in [-0.25, -0.2) is 8.42 Å². The summed E-state index contributed by atoms with van der Waals surface area (Å²) in [5.74, 6) is 0. The molecule has 1 aliphatic heterocycles. The van der Waals surface area contributed by atoms with Gasteiger partial charge in [0, 0.05) is 17.5 Å². The number of hydrogen-bond acceptors (Lipinski definition) is 4. The Labute approximate surface area is 190 Å². The molecular formula is C23H31ClN2O2S2. The molecule has 1 heterocycles. The van der Waals surface area contributed by atoms with E-state index in [1.54, 1.807) is 28.2 Å². The van der Waals surface area contributed by atoms with Crippen LogP contribution in [0.1, 0.15) is 44.7 Å². The van der Waals surface area contributed by atoms with E-state index in [4.69, 9.17) is 11.6 Å². The highest BCUT2D eigenvalue weighted by molar-refractivity contribution is 7.98. The van der Waals surface area contributed by atoms with Crippen LogP contribution < -0.4 is 5.32 Å². The van der Waals surface area contributed by atoms with Gasteiger partial charge in [-0.2, -0.15) is 4.31 Å². The van der Waals surface area contributed by atoms with Gasteiger partial charge >= 0.3 is 0 Å². The van der Waals surface area contributed by atoms with Crippen molar-refractivity contribution >= 4 is 33.4 Å². The molecule has 0 aliphatic carbocycles. The maximum Gasteiger partial charge on any atom is 0.243 e. The molecule has 164 valence electrons. The fourth-order valence-corrected chi connectivity index (χ4v) is 6.30. The topological polar surface area (TPSA) is 49.4 Å². The summed E-state index contributed by atoms with van der Waals surface area (Å²) < 4.78 is 29.1. The average molecular weight is 467 g/mol. The fraction of sp³-hybridized carbons (Fsp3) is 0.478. The molecule has 4 nitrogen and oxygen atoms in total. The summed E-state index contributed by atoms with van der Waals surface area (Å²) in [5.41, 5.74) is 2.06. The smallest absolute Gasteiger partial charge is 0.243 e. The van der Waals surface area contributed by atoms with E-state index >= 15 is 0 Å². The molecule has 2 aromatic carbocycles. The summed E-state index contributed by atoms with van der Waals surface area (Å²) in [6, 6.07) is 13.1. The van der Waals surface area contributed by atoms with Gasteiger partial charge in [0.05, 0.1) is 9.92 Å². The van der Waals surface area contributed by atoms with E-state index in [1.807, 2.05) is 36.6 Å². The van der Waals surface area contributed by atoms with Gasteiger partial charge in [0.15, 0.2) is 0 Å². The van der Waals surface area contributed by atoms with Gasteiger partial charge in [0.2, 0.25) is 10.0 Å². The van der Waals surface area contributed by atoms with E-state index in [1.165, 1.54) is 0 Å². The Morgan fingerprint density at radius 3 is 2.30 bits per heavy atom. The average Bonchev–Trinajstić information content (AvgIpc) is 2.73. The van der Waals surface area contributed by atoms with E-state index in [0.29, 0.717) is 16.5 Å². The second-order valence-corrected chi connectivity index (χ2v) is 11.9. The van der Waals surface area contributed by atoms with Crippen molar-refractivity contribution < 1.29 is 8.42 Å². The highest BCUT2D eigenvalue weighted by Gasteiger charge is 2.32. The fourth-order valence-electron chi connectivity index (χ4n) is 3.75. The van der Waals surface area contributed by atoms with E-state index in [-0.39, 0.29) is 11.5 Å². The summed E-state index contributed by atoms with van der Waals surface area (Å²) in [6.45, 7) is 8.39. The van der Waals surface area contributed by atoms with E-state index < -0.39 is 10.0 Å². The number of benzene rings is 2. The molecule has 0 amide bonds. The summed E-state index contributed by atoms with van der Waals surface area (Å²) >= 11 is 7.83. The SMILES string of the molecule is CSc1cc(CN(C2CCNCC2)S(=O)(=O)c2ccc(C(C)(C)C)cc2)ccc1Cl. The predicted molar refractivity (Wildman–Crippen MR) is 127 cm³/mol. The first-order chi connectivity index (χ1) is 14.1. The molecule has 0 aromatic heterocycles. The largest absolute Gasteiger partial charge is 0.317 e. The van der Waals surface area contributed by atoms with E-state index in [9.17, 15) is 8.42 Å². The zero-order chi connectivity index (χ0) is 21.9. The molecule has 2 aromatic rings. The lowest BCUT2D eigenvalue weighted by molar-refractivity contribution is 0.256. The Hall–Kier alpha value is -1.05. The molecule has 0 atom stereocenters. The Morgan fingerprint density at radius 2 is 1.73 bits per heavy atom. The molecule has 3 rings (SSSR count). The molecule has 0 bridgehead atoms. The summed E-state index contributed by atoms with van der Waals surface area (Å²) in [5, 5.41) is 4.03. The van der Waals surface area contributed by atoms with Crippen molar-refractivity contribution in [2.24, 2.45) is 0 Å². The minimum atomic E-state index is -3.63. The highest BCUT2D eigenvalue weighted by Crippen LogP contribution is 2.30. The van der Waals surface area contributed by atoms with Crippen LogP contribution in [-0.2, 0) is 22.0 Å². The minimum Gasteiger partial charge on any atom is -0.317 e. The standard InChI is InChI=1S/C23H31ClN2O2S2/c1-23(2,3)18-6-8-20(9-7-18)30(27,28)26(19-11-13-25-14-12-19)16-17-5-10-21(24)22(15-17)29-4/h5-10,15,19,25H,11-14,16H2,1-4H3. The molecule has 30 heavy (non-hydrogen) atoms. The maximum atomic E-state index is 13.7. The molecular weight excluding hydrogens is 436 g/mol. The Kier molecular flexibility index (Phi) is 7.57. The third-order valence-electron chi connectivity index (χ3n) is 5.60. The molecule has 1 aliphatic rings. The maximum absolute atomic E-state index is 13.7. The highest BCUT2D eigenvalue weighted by atomic mass is 35.5. The second kappa shape index (κ2) is 9.61. The third kappa shape index (κ3) is 5.40. The van der Waals surface area contributed by atoms with Gasteiger partial charge in [-0.15, -0.1) is 11.8 Å². The molecule has 0 radical (unpaired) electrons. The van der Waals surface area contributed by atoms with Crippen LogP contribution >= 0.6 is 23.4 Å². The first-order valence-electron chi connectivity index (χ1n) is 10.3. The van der Waals surface area contributed by atoms with Crippen LogP contribution in [-0.4, -0.2) is 38.1 Å². The zero-order valence-electron chi connectivity index (χ0n) is 18.1. The van der Waals surface area contributed by atoms with Crippen LogP contribution in [0.5, 0.6) is 0 Å². The monoisotopic (exact) mass is 466 g/mol. The Morgan fingerprint density at radius 1 is 1.10 bits per heavy atom. The van der Waals surface area contributed by atoms with Crippen molar-refractivity contribution in [1.82, 2.24) is 9.62 Å². The van der Waals surface area contributed by atoms with Crippen molar-refractivity contribution in [3.05, 3.63) is 58.6 Å². The summed E-state index contributed by atoms with van der Waals surface area (Å²) in [7, 11) is -3.63. The Bertz CT molecular complexity index is 964. The van der Waals surface area contributed by atoms with Crippen LogP contribution in [0.3, 0.4) is 0 Å². The molecule has 1 saturated heterocycles. The third-order valence-corrected chi connectivity index (χ3v) is 8.73. The predicted octanol–water partition coefficient (Wildman–Crippen LogP) is 5.30. The van der Waals surface area contributed by atoms with Gasteiger partial charge in [-0.05, 0) is 73.0 Å². The van der Waals surface area contributed by atoms with Gasteiger partial charge in [0.25, 0.3) is 0 Å². The molecule has 0 spiro atoms. The van der Waals surface area contributed by atoms with Gasteiger partial charge < -0.3 is 5.32 Å². The van der Waals surface area contributed by atoms with E-state index in [2.05, 4.69) is 26.1 Å². The number of piperidine rings is 1. The number of thioether (sulfide) groups is 1. The summed E-state index contributed by atoms with van der Waals surface area (Å²) in [6.07, 6.45) is 3.59. The summed E-state index contributed by atoms with van der Waals surface area (Å²) in [4.78, 5) is 1.32. The number of sulfonamides is 1. The molecule has 0 unspecified atom stereocenters. The molecule has 1 fully saturated rings. The number of hydrogen-bond donors (Lipinski definition) is 1. The van der Waals surface area contributed by atoms with Gasteiger partial charge in [-0.3, -0.25) is 0 Å². The van der Waals surface area contributed by atoms with Crippen LogP contribution in [0.25, 0.3) is 0 Å². The van der Waals surface area contributed by atoms with Crippen molar-refractivity contribution in [2.75, 3.05) is 19.3 Å². The number of rotatable bonds is 6. The van der Waals surface area contributed by atoms with Crippen molar-refractivity contribution in [3.63, 3.8) is 0 Å². The van der Waals surface area contributed by atoms with Crippen molar-refractivity contribution in [2.45, 2.75) is 61.4 Å². The second-order valence-electron chi connectivity index (χ2n) is 8.77. The van der Waals surface area contributed by atoms with Gasteiger partial charge in [-0.1, -0.05) is 50.6 Å².